The Morgan fingerprint density at radius 2 is 1.56 bits per heavy atom. The van der Waals surface area contributed by atoms with E-state index in [0.717, 1.165) is 17.7 Å². The van der Waals surface area contributed by atoms with Gasteiger partial charge in [-0.1, -0.05) is 26.0 Å². The lowest BCUT2D eigenvalue weighted by Gasteiger charge is -2.22. The lowest BCUT2D eigenvalue weighted by Crippen LogP contribution is -2.37. The van der Waals surface area contributed by atoms with Crippen LogP contribution in [0.4, 0.5) is 0 Å². The molecule has 178 valence electrons. The minimum atomic E-state index is -0.417. The molecule has 0 unspecified atom stereocenters. The second-order valence-electron chi connectivity index (χ2n) is 8.18. The molecule has 0 saturated carbocycles. The van der Waals surface area contributed by atoms with Crippen molar-refractivity contribution in [2.75, 3.05) is 14.2 Å². The molecule has 0 saturated heterocycles. The van der Waals surface area contributed by atoms with Gasteiger partial charge in [-0.2, -0.15) is 0 Å². The monoisotopic (exact) mass is 462 g/mol. The molecule has 2 N–H and O–H groups in total. The van der Waals surface area contributed by atoms with Crippen molar-refractivity contribution in [3.05, 3.63) is 89.5 Å². The van der Waals surface area contributed by atoms with Crippen molar-refractivity contribution < 1.29 is 23.5 Å². The molecule has 0 radical (unpaired) electrons. The van der Waals surface area contributed by atoms with E-state index in [0.29, 0.717) is 23.0 Å². The van der Waals surface area contributed by atoms with Gasteiger partial charge in [0.1, 0.15) is 23.0 Å². The Hall–Kier alpha value is -4.00. The number of furan rings is 1. The first-order chi connectivity index (χ1) is 16.4. The SMILES string of the molecule is COc1ccc(C(=O)N/C(=C\c2ccco2)C(=O)N[C@@H](CC(C)C)c2ccc(OC)cc2)cc1. The van der Waals surface area contributed by atoms with Gasteiger partial charge in [-0.05, 0) is 66.4 Å². The van der Waals surface area contributed by atoms with Gasteiger partial charge in [-0.3, -0.25) is 9.59 Å². The molecule has 2 amide bonds. The summed E-state index contributed by atoms with van der Waals surface area (Å²) >= 11 is 0. The fraction of sp³-hybridized carbons (Fsp3) is 0.259. The molecule has 0 aliphatic rings. The molecule has 0 spiro atoms. The third-order valence-corrected chi connectivity index (χ3v) is 5.21. The summed E-state index contributed by atoms with van der Waals surface area (Å²) in [7, 11) is 3.17. The van der Waals surface area contributed by atoms with E-state index < -0.39 is 11.8 Å². The van der Waals surface area contributed by atoms with Crippen molar-refractivity contribution in [2.24, 2.45) is 5.92 Å². The average Bonchev–Trinajstić information content (AvgIpc) is 3.36. The fourth-order valence-corrected chi connectivity index (χ4v) is 3.43. The van der Waals surface area contributed by atoms with Gasteiger partial charge < -0.3 is 24.5 Å². The molecule has 0 bridgehead atoms. The molecular formula is C27H30N2O5. The quantitative estimate of drug-likeness (QED) is 0.415. The largest absolute Gasteiger partial charge is 0.497 e. The number of carbonyl (C=O) groups excluding carboxylic acids is 2. The zero-order valence-corrected chi connectivity index (χ0v) is 19.8. The Kier molecular flexibility index (Phi) is 8.51. The van der Waals surface area contributed by atoms with Crippen LogP contribution in [0.25, 0.3) is 6.08 Å². The van der Waals surface area contributed by atoms with E-state index in [9.17, 15) is 9.59 Å². The predicted octanol–water partition coefficient (Wildman–Crippen LogP) is 4.97. The summed E-state index contributed by atoms with van der Waals surface area (Å²) in [6.45, 7) is 4.18. The average molecular weight is 463 g/mol. The highest BCUT2D eigenvalue weighted by Crippen LogP contribution is 2.24. The van der Waals surface area contributed by atoms with E-state index in [1.807, 2.05) is 24.3 Å². The van der Waals surface area contributed by atoms with Crippen LogP contribution in [0.3, 0.4) is 0 Å². The smallest absolute Gasteiger partial charge is 0.268 e. The van der Waals surface area contributed by atoms with Crippen LogP contribution >= 0.6 is 0 Å². The number of hydrogen-bond donors (Lipinski definition) is 2. The third kappa shape index (κ3) is 6.75. The maximum Gasteiger partial charge on any atom is 0.268 e. The normalized spacial score (nSPS) is 12.2. The molecule has 1 aromatic heterocycles. The Balaban J connectivity index is 1.84. The van der Waals surface area contributed by atoms with Gasteiger partial charge in [0.05, 0.1) is 26.5 Å². The highest BCUT2D eigenvalue weighted by Gasteiger charge is 2.21. The van der Waals surface area contributed by atoms with Gasteiger partial charge in [0, 0.05) is 11.6 Å². The number of carbonyl (C=O) groups is 2. The zero-order valence-electron chi connectivity index (χ0n) is 19.8. The van der Waals surface area contributed by atoms with Crippen LogP contribution < -0.4 is 20.1 Å². The van der Waals surface area contributed by atoms with E-state index in [-0.39, 0.29) is 11.7 Å². The summed E-state index contributed by atoms with van der Waals surface area (Å²) in [5.41, 5.74) is 1.42. The molecule has 7 heteroatoms. The van der Waals surface area contributed by atoms with Gasteiger partial charge in [-0.15, -0.1) is 0 Å². The van der Waals surface area contributed by atoms with Gasteiger partial charge in [0.15, 0.2) is 0 Å². The Morgan fingerprint density at radius 3 is 2.09 bits per heavy atom. The Bertz CT molecular complexity index is 1100. The minimum Gasteiger partial charge on any atom is -0.497 e. The van der Waals surface area contributed by atoms with E-state index in [1.165, 1.54) is 12.3 Å². The molecule has 7 nitrogen and oxygen atoms in total. The fourth-order valence-electron chi connectivity index (χ4n) is 3.43. The van der Waals surface area contributed by atoms with Crippen LogP contribution in [0.1, 0.15) is 48.0 Å². The minimum absolute atomic E-state index is 0.0815. The summed E-state index contributed by atoms with van der Waals surface area (Å²) in [4.78, 5) is 26.2. The molecule has 3 rings (SSSR count). The molecule has 0 aliphatic heterocycles. The van der Waals surface area contributed by atoms with Crippen molar-refractivity contribution in [2.45, 2.75) is 26.3 Å². The first-order valence-electron chi connectivity index (χ1n) is 11.0. The van der Waals surface area contributed by atoms with Crippen molar-refractivity contribution in [1.29, 1.82) is 0 Å². The molecular weight excluding hydrogens is 432 g/mol. The third-order valence-electron chi connectivity index (χ3n) is 5.21. The predicted molar refractivity (Wildman–Crippen MR) is 130 cm³/mol. The Labute approximate surface area is 199 Å². The summed E-state index contributed by atoms with van der Waals surface area (Å²) in [5.74, 6) is 1.32. The van der Waals surface area contributed by atoms with E-state index in [4.69, 9.17) is 13.9 Å². The molecule has 0 aliphatic carbocycles. The summed E-state index contributed by atoms with van der Waals surface area (Å²) in [6.07, 6.45) is 3.74. The molecule has 1 atom stereocenters. The molecule has 3 aromatic rings. The number of benzene rings is 2. The number of rotatable bonds is 10. The zero-order chi connectivity index (χ0) is 24.5. The maximum absolute atomic E-state index is 13.3. The standard InChI is InChI=1S/C27H30N2O5/c1-18(2)16-24(19-7-11-21(32-3)12-8-19)28-27(31)25(17-23-6-5-15-34-23)29-26(30)20-9-13-22(33-4)14-10-20/h5-15,17-18,24H,16H2,1-4H3,(H,28,31)(H,29,30)/b25-17-/t24-/m0/s1. The van der Waals surface area contributed by atoms with E-state index in [2.05, 4.69) is 24.5 Å². The van der Waals surface area contributed by atoms with Gasteiger partial charge in [0.2, 0.25) is 0 Å². The second kappa shape index (κ2) is 11.7. The topological polar surface area (TPSA) is 89.8 Å². The first-order valence-corrected chi connectivity index (χ1v) is 11.0. The molecule has 0 fully saturated rings. The first kappa shape index (κ1) is 24.6. The number of ether oxygens (including phenoxy) is 2. The van der Waals surface area contributed by atoms with Crippen LogP contribution in [-0.2, 0) is 4.79 Å². The van der Waals surface area contributed by atoms with E-state index in [1.54, 1.807) is 50.6 Å². The summed E-state index contributed by atoms with van der Waals surface area (Å²) < 4.78 is 15.8. The van der Waals surface area contributed by atoms with Crippen LogP contribution in [0, 0.1) is 5.92 Å². The second-order valence-corrected chi connectivity index (χ2v) is 8.18. The van der Waals surface area contributed by atoms with Crippen LogP contribution in [0.5, 0.6) is 11.5 Å². The van der Waals surface area contributed by atoms with Crippen LogP contribution in [0.2, 0.25) is 0 Å². The van der Waals surface area contributed by atoms with Gasteiger partial charge in [-0.25, -0.2) is 0 Å². The number of amides is 2. The maximum atomic E-state index is 13.3. The van der Waals surface area contributed by atoms with Crippen molar-refractivity contribution >= 4 is 17.9 Å². The molecule has 2 aromatic carbocycles. The highest BCUT2D eigenvalue weighted by molar-refractivity contribution is 6.05. The number of hydrogen-bond acceptors (Lipinski definition) is 5. The van der Waals surface area contributed by atoms with Crippen LogP contribution in [-0.4, -0.2) is 26.0 Å². The summed E-state index contributed by atoms with van der Waals surface area (Å²) in [5, 5.41) is 5.79. The van der Waals surface area contributed by atoms with Crippen molar-refractivity contribution in [3.63, 3.8) is 0 Å². The number of methoxy groups -OCH3 is 2. The molecule has 34 heavy (non-hydrogen) atoms. The highest BCUT2D eigenvalue weighted by atomic mass is 16.5. The van der Waals surface area contributed by atoms with Crippen molar-refractivity contribution in [1.82, 2.24) is 10.6 Å². The molecule has 1 heterocycles. The number of nitrogens with one attached hydrogen (secondary N) is 2. The summed E-state index contributed by atoms with van der Waals surface area (Å²) in [6, 6.07) is 17.4. The lowest BCUT2D eigenvalue weighted by molar-refractivity contribution is -0.118. The van der Waals surface area contributed by atoms with Gasteiger partial charge in [0.25, 0.3) is 11.8 Å². The Morgan fingerprint density at radius 1 is 0.941 bits per heavy atom. The van der Waals surface area contributed by atoms with Crippen LogP contribution in [0.15, 0.2) is 77.0 Å². The van der Waals surface area contributed by atoms with Crippen molar-refractivity contribution in [3.8, 4) is 11.5 Å². The lowest BCUT2D eigenvalue weighted by atomic mass is 9.96. The van der Waals surface area contributed by atoms with E-state index >= 15 is 0 Å². The van der Waals surface area contributed by atoms with Gasteiger partial charge >= 0.3 is 0 Å².